The van der Waals surface area contributed by atoms with Gasteiger partial charge in [-0.15, -0.1) is 0 Å². The van der Waals surface area contributed by atoms with Gasteiger partial charge in [0.25, 0.3) is 0 Å². The first kappa shape index (κ1) is 24.1. The number of amides is 1. The van der Waals surface area contributed by atoms with E-state index in [9.17, 15) is 4.79 Å². The van der Waals surface area contributed by atoms with Gasteiger partial charge in [-0.3, -0.25) is 10.1 Å². The molecule has 1 heterocycles. The third-order valence-electron chi connectivity index (χ3n) is 6.58. The van der Waals surface area contributed by atoms with E-state index in [0.29, 0.717) is 5.82 Å². The molecule has 2 atom stereocenters. The normalized spacial score (nSPS) is 16.2. The molecule has 2 N–H and O–H groups in total. The van der Waals surface area contributed by atoms with Crippen molar-refractivity contribution in [2.75, 3.05) is 0 Å². The van der Waals surface area contributed by atoms with Gasteiger partial charge in [0.05, 0.1) is 17.8 Å². The standard InChI is InChI=1S/C29H36N4O/c1-20(2)26(29(34)31-24-17-11-6-12-18-24)33-27(23-15-9-5-10-16-23)28-30-21(3)19-25(32-28)22-13-7-4-8-14-22/h4-5,7-10,13-16,19-20,24,26-27,33H,6,11-12,17-18H2,1-3H3,(H,31,34)/t26-,27+/m0/s1. The Morgan fingerprint density at radius 1 is 0.912 bits per heavy atom. The molecule has 5 heteroatoms. The van der Waals surface area contributed by atoms with Gasteiger partial charge in [-0.1, -0.05) is 93.8 Å². The average Bonchev–Trinajstić information content (AvgIpc) is 2.85. The number of aromatic nitrogens is 2. The van der Waals surface area contributed by atoms with Crippen LogP contribution in [0.1, 0.15) is 69.1 Å². The highest BCUT2D eigenvalue weighted by atomic mass is 16.2. The first-order valence-electron chi connectivity index (χ1n) is 12.5. The van der Waals surface area contributed by atoms with Crippen molar-refractivity contribution in [1.82, 2.24) is 20.6 Å². The number of hydrogen-bond donors (Lipinski definition) is 2. The molecule has 1 aromatic heterocycles. The van der Waals surface area contributed by atoms with Crippen molar-refractivity contribution < 1.29 is 4.79 Å². The molecular formula is C29H36N4O. The highest BCUT2D eigenvalue weighted by Crippen LogP contribution is 2.25. The minimum absolute atomic E-state index is 0.0683. The summed E-state index contributed by atoms with van der Waals surface area (Å²) in [5.41, 5.74) is 3.89. The van der Waals surface area contributed by atoms with E-state index in [0.717, 1.165) is 35.4 Å². The van der Waals surface area contributed by atoms with E-state index in [-0.39, 0.29) is 30.0 Å². The summed E-state index contributed by atoms with van der Waals surface area (Å²) in [5, 5.41) is 6.96. The van der Waals surface area contributed by atoms with Crippen LogP contribution in [0.5, 0.6) is 0 Å². The van der Waals surface area contributed by atoms with Crippen LogP contribution >= 0.6 is 0 Å². The third-order valence-corrected chi connectivity index (χ3v) is 6.58. The summed E-state index contributed by atoms with van der Waals surface area (Å²) in [4.78, 5) is 23.2. The molecule has 0 bridgehead atoms. The number of nitrogens with one attached hydrogen (secondary N) is 2. The molecule has 3 aromatic rings. The van der Waals surface area contributed by atoms with Crippen LogP contribution in [0, 0.1) is 12.8 Å². The second-order valence-corrected chi connectivity index (χ2v) is 9.69. The summed E-state index contributed by atoms with van der Waals surface area (Å²) in [5.74, 6) is 0.869. The Balaban J connectivity index is 1.66. The van der Waals surface area contributed by atoms with Gasteiger partial charge in [-0.2, -0.15) is 0 Å². The smallest absolute Gasteiger partial charge is 0.237 e. The van der Waals surface area contributed by atoms with Gasteiger partial charge in [0, 0.05) is 17.3 Å². The highest BCUT2D eigenvalue weighted by molar-refractivity contribution is 5.82. The molecule has 0 spiro atoms. The maximum absolute atomic E-state index is 13.4. The van der Waals surface area contributed by atoms with Gasteiger partial charge in [0.2, 0.25) is 5.91 Å². The molecule has 2 aromatic carbocycles. The van der Waals surface area contributed by atoms with Gasteiger partial charge < -0.3 is 5.32 Å². The lowest BCUT2D eigenvalue weighted by Crippen LogP contribution is -2.52. The Bertz CT molecular complexity index is 1060. The fourth-order valence-corrected chi connectivity index (χ4v) is 4.73. The molecule has 0 unspecified atom stereocenters. The van der Waals surface area contributed by atoms with E-state index in [2.05, 4.69) is 48.7 Å². The van der Waals surface area contributed by atoms with E-state index < -0.39 is 0 Å². The molecule has 1 saturated carbocycles. The predicted octanol–water partition coefficient (Wildman–Crippen LogP) is 5.60. The van der Waals surface area contributed by atoms with Gasteiger partial charge in [-0.05, 0) is 37.3 Å². The Morgan fingerprint density at radius 2 is 1.56 bits per heavy atom. The molecule has 4 rings (SSSR count). The van der Waals surface area contributed by atoms with Gasteiger partial charge >= 0.3 is 0 Å². The topological polar surface area (TPSA) is 66.9 Å². The van der Waals surface area contributed by atoms with Crippen molar-refractivity contribution in [2.24, 2.45) is 5.92 Å². The number of hydrogen-bond acceptors (Lipinski definition) is 4. The lowest BCUT2D eigenvalue weighted by Gasteiger charge is -2.30. The summed E-state index contributed by atoms with van der Waals surface area (Å²) in [6, 6.07) is 22.0. The number of aryl methyl sites for hydroxylation is 1. The maximum atomic E-state index is 13.4. The Morgan fingerprint density at radius 3 is 2.21 bits per heavy atom. The van der Waals surface area contributed by atoms with Gasteiger partial charge in [-0.25, -0.2) is 9.97 Å². The molecular weight excluding hydrogens is 420 g/mol. The fourth-order valence-electron chi connectivity index (χ4n) is 4.73. The molecule has 1 fully saturated rings. The monoisotopic (exact) mass is 456 g/mol. The van der Waals surface area contributed by atoms with Crippen molar-refractivity contribution in [3.63, 3.8) is 0 Å². The fraction of sp³-hybridized carbons (Fsp3) is 0.414. The molecule has 1 amide bonds. The highest BCUT2D eigenvalue weighted by Gasteiger charge is 2.30. The summed E-state index contributed by atoms with van der Waals surface area (Å²) < 4.78 is 0. The SMILES string of the molecule is Cc1cc(-c2ccccc2)nc([C@H](N[C@H](C(=O)NC2CCCCC2)C(C)C)c2ccccc2)n1. The summed E-state index contributed by atoms with van der Waals surface area (Å²) >= 11 is 0. The number of nitrogens with zero attached hydrogens (tertiary/aromatic N) is 2. The molecule has 0 radical (unpaired) electrons. The van der Waals surface area contributed by atoms with Crippen LogP contribution in [0.25, 0.3) is 11.3 Å². The van der Waals surface area contributed by atoms with E-state index >= 15 is 0 Å². The molecule has 0 saturated heterocycles. The lowest BCUT2D eigenvalue weighted by molar-refractivity contribution is -0.125. The molecule has 1 aliphatic rings. The number of benzene rings is 2. The van der Waals surface area contributed by atoms with E-state index in [1.54, 1.807) is 0 Å². The molecule has 5 nitrogen and oxygen atoms in total. The van der Waals surface area contributed by atoms with Crippen molar-refractivity contribution in [3.8, 4) is 11.3 Å². The number of carbonyl (C=O) groups is 1. The second kappa shape index (κ2) is 11.4. The molecule has 1 aliphatic carbocycles. The number of rotatable bonds is 8. The largest absolute Gasteiger partial charge is 0.352 e. The number of carbonyl (C=O) groups excluding carboxylic acids is 1. The van der Waals surface area contributed by atoms with E-state index in [1.807, 2.05) is 49.4 Å². The molecule has 178 valence electrons. The molecule has 34 heavy (non-hydrogen) atoms. The molecule has 0 aliphatic heterocycles. The third kappa shape index (κ3) is 6.09. The zero-order chi connectivity index (χ0) is 23.9. The maximum Gasteiger partial charge on any atom is 0.237 e. The van der Waals surface area contributed by atoms with Crippen LogP contribution in [0.3, 0.4) is 0 Å². The van der Waals surface area contributed by atoms with Crippen LogP contribution < -0.4 is 10.6 Å². The second-order valence-electron chi connectivity index (χ2n) is 9.69. The van der Waals surface area contributed by atoms with Crippen molar-refractivity contribution in [1.29, 1.82) is 0 Å². The zero-order valence-electron chi connectivity index (χ0n) is 20.5. The van der Waals surface area contributed by atoms with Crippen LogP contribution in [-0.4, -0.2) is 28.0 Å². The van der Waals surface area contributed by atoms with Crippen LogP contribution in [0.15, 0.2) is 66.7 Å². The van der Waals surface area contributed by atoms with Crippen LogP contribution in [-0.2, 0) is 4.79 Å². The Kier molecular flexibility index (Phi) is 8.07. The Labute approximate surface area is 203 Å². The minimum Gasteiger partial charge on any atom is -0.352 e. The predicted molar refractivity (Wildman–Crippen MR) is 137 cm³/mol. The van der Waals surface area contributed by atoms with E-state index in [1.165, 1.54) is 19.3 Å². The van der Waals surface area contributed by atoms with Crippen LogP contribution in [0.4, 0.5) is 0 Å². The van der Waals surface area contributed by atoms with Crippen molar-refractivity contribution in [2.45, 2.75) is 71.0 Å². The van der Waals surface area contributed by atoms with Gasteiger partial charge in [0.15, 0.2) is 5.82 Å². The average molecular weight is 457 g/mol. The van der Waals surface area contributed by atoms with Gasteiger partial charge in [0.1, 0.15) is 0 Å². The Hall–Kier alpha value is -3.05. The summed E-state index contributed by atoms with van der Waals surface area (Å²) in [7, 11) is 0. The first-order chi connectivity index (χ1) is 16.5. The first-order valence-corrected chi connectivity index (χ1v) is 12.5. The van der Waals surface area contributed by atoms with E-state index in [4.69, 9.17) is 9.97 Å². The van der Waals surface area contributed by atoms with Crippen molar-refractivity contribution >= 4 is 5.91 Å². The van der Waals surface area contributed by atoms with Crippen molar-refractivity contribution in [3.05, 3.63) is 83.8 Å². The zero-order valence-corrected chi connectivity index (χ0v) is 20.5. The minimum atomic E-state index is -0.351. The quantitative estimate of drug-likeness (QED) is 0.463. The summed E-state index contributed by atoms with van der Waals surface area (Å²) in [6.45, 7) is 6.18. The summed E-state index contributed by atoms with van der Waals surface area (Å²) in [6.07, 6.45) is 5.79. The van der Waals surface area contributed by atoms with Crippen LogP contribution in [0.2, 0.25) is 0 Å². The lowest BCUT2D eigenvalue weighted by atomic mass is 9.94.